The van der Waals surface area contributed by atoms with E-state index < -0.39 is 0 Å². The van der Waals surface area contributed by atoms with Gasteiger partial charge in [-0.2, -0.15) is 0 Å². The van der Waals surface area contributed by atoms with Gasteiger partial charge >= 0.3 is 0 Å². The molecular weight excluding hydrogens is 801 g/mol. The van der Waals surface area contributed by atoms with E-state index in [2.05, 4.69) is 232 Å². The van der Waals surface area contributed by atoms with E-state index in [0.29, 0.717) is 0 Å². The number of fused-ring (bicyclic) bond motifs is 12. The van der Waals surface area contributed by atoms with Crippen LogP contribution >= 0.6 is 0 Å². The van der Waals surface area contributed by atoms with E-state index in [1.165, 1.54) is 132 Å². The van der Waals surface area contributed by atoms with Gasteiger partial charge in [-0.25, -0.2) is 0 Å². The molecule has 0 aliphatic rings. The fourth-order valence-electron chi connectivity index (χ4n) is 11.9. The van der Waals surface area contributed by atoms with E-state index in [-0.39, 0.29) is 0 Å². The van der Waals surface area contributed by atoms with Gasteiger partial charge in [0.05, 0.1) is 44.5 Å². The summed E-state index contributed by atoms with van der Waals surface area (Å²) in [6.07, 6.45) is 0. The van der Waals surface area contributed by atoms with Gasteiger partial charge in [-0.05, 0) is 173 Å². The average Bonchev–Trinajstić information content (AvgIpc) is 4.09. The molecule has 4 heterocycles. The summed E-state index contributed by atoms with van der Waals surface area (Å²) in [6.45, 7) is 18.6. The van der Waals surface area contributed by atoms with Gasteiger partial charge in [0.15, 0.2) is 0 Å². The quantitative estimate of drug-likeness (QED) is 0.166. The van der Waals surface area contributed by atoms with Crippen LogP contribution in [0.15, 0.2) is 158 Å². The minimum Gasteiger partial charge on any atom is -0.310 e. The zero-order valence-electron chi connectivity index (χ0n) is 38.8. The lowest BCUT2D eigenvalue weighted by Gasteiger charge is -2.26. The average molecular weight is 851 g/mol. The Morgan fingerprint density at radius 2 is 0.576 bits per heavy atom. The minimum atomic E-state index is 1.14. The third-order valence-electron chi connectivity index (χ3n) is 15.7. The predicted octanol–water partition coefficient (Wildman–Crippen LogP) is 17.4. The van der Waals surface area contributed by atoms with Crippen LogP contribution in [0.3, 0.4) is 0 Å². The summed E-state index contributed by atoms with van der Waals surface area (Å²) >= 11 is 0. The molecule has 0 aliphatic heterocycles. The van der Waals surface area contributed by atoms with Gasteiger partial charge in [0.1, 0.15) is 0 Å². The lowest BCUT2D eigenvalue weighted by molar-refractivity contribution is 1.23. The van der Waals surface area contributed by atoms with E-state index in [4.69, 9.17) is 0 Å². The molecule has 0 saturated heterocycles. The van der Waals surface area contributed by atoms with Crippen molar-refractivity contribution in [2.45, 2.75) is 55.4 Å². The number of aromatic nitrogens is 2. The first-order valence-corrected chi connectivity index (χ1v) is 23.3. The van der Waals surface area contributed by atoms with Crippen molar-refractivity contribution >= 4 is 110 Å². The van der Waals surface area contributed by atoms with Crippen LogP contribution < -0.4 is 9.80 Å². The van der Waals surface area contributed by atoms with Gasteiger partial charge < -0.3 is 18.6 Å². The van der Waals surface area contributed by atoms with E-state index in [1.807, 2.05) is 0 Å². The number of hydrogen-bond acceptors (Lipinski definition) is 2. The zero-order valence-corrected chi connectivity index (χ0v) is 38.8. The molecule has 4 heteroatoms. The second-order valence-corrected chi connectivity index (χ2v) is 18.7. The van der Waals surface area contributed by atoms with Gasteiger partial charge in [-0.15, -0.1) is 0 Å². The first-order chi connectivity index (χ1) is 32.2. The normalized spacial score (nSPS) is 12.2. The summed E-state index contributed by atoms with van der Waals surface area (Å²) in [6, 6.07) is 58.1. The Morgan fingerprint density at radius 3 is 0.894 bits per heavy atom. The molecule has 0 bridgehead atoms. The van der Waals surface area contributed by atoms with Crippen molar-refractivity contribution in [3.63, 3.8) is 0 Å². The molecule has 0 saturated carbocycles. The number of hydrogen-bond donors (Lipinski definition) is 0. The molecule has 9 aromatic carbocycles. The summed E-state index contributed by atoms with van der Waals surface area (Å²) in [7, 11) is 0. The highest BCUT2D eigenvalue weighted by molar-refractivity contribution is 6.33. The van der Waals surface area contributed by atoms with Crippen LogP contribution in [0.2, 0.25) is 0 Å². The zero-order chi connectivity index (χ0) is 44.9. The highest BCUT2D eigenvalue weighted by Crippen LogP contribution is 2.53. The first kappa shape index (κ1) is 38.6. The number of anilines is 6. The lowest BCUT2D eigenvalue weighted by Crippen LogP contribution is -2.10. The summed E-state index contributed by atoms with van der Waals surface area (Å²) in [5.41, 5.74) is 25.4. The molecule has 0 amide bonds. The highest BCUT2D eigenvalue weighted by atomic mass is 15.2. The molecule has 66 heavy (non-hydrogen) atoms. The number of nitrogens with zero attached hydrogens (tertiary/aromatic N) is 4. The number of para-hydroxylation sites is 4. The van der Waals surface area contributed by atoms with Gasteiger partial charge in [0.2, 0.25) is 0 Å². The van der Waals surface area contributed by atoms with Crippen molar-refractivity contribution < 1.29 is 0 Å². The van der Waals surface area contributed by atoms with Crippen molar-refractivity contribution in [3.8, 4) is 0 Å². The van der Waals surface area contributed by atoms with Gasteiger partial charge in [0.25, 0.3) is 0 Å². The molecule has 0 unspecified atom stereocenters. The van der Waals surface area contributed by atoms with E-state index in [0.717, 1.165) is 22.7 Å². The molecule has 0 atom stereocenters. The van der Waals surface area contributed by atoms with Gasteiger partial charge in [0, 0.05) is 65.8 Å². The van der Waals surface area contributed by atoms with Crippen molar-refractivity contribution in [2.75, 3.05) is 9.80 Å². The summed E-state index contributed by atoms with van der Waals surface area (Å²) < 4.78 is 5.27. The van der Waals surface area contributed by atoms with Crippen LogP contribution in [-0.4, -0.2) is 8.80 Å². The molecule has 0 fully saturated rings. The van der Waals surface area contributed by atoms with Crippen LogP contribution in [0.5, 0.6) is 0 Å². The third kappa shape index (κ3) is 4.93. The fourth-order valence-corrected chi connectivity index (χ4v) is 11.9. The Hall–Kier alpha value is -7.82. The maximum absolute atomic E-state index is 2.63. The number of rotatable bonds is 6. The van der Waals surface area contributed by atoms with Gasteiger partial charge in [-0.1, -0.05) is 84.9 Å². The Morgan fingerprint density at radius 1 is 0.273 bits per heavy atom. The highest BCUT2D eigenvalue weighted by Gasteiger charge is 2.30. The van der Waals surface area contributed by atoms with Crippen LogP contribution in [0, 0.1) is 55.4 Å². The van der Waals surface area contributed by atoms with Crippen molar-refractivity contribution in [2.24, 2.45) is 0 Å². The fraction of sp³-hybridized carbons (Fsp3) is 0.129. The Bertz CT molecular complexity index is 3750. The standard InChI is InChI=1S/C62H50N4/c1-35-37(3)41(7)59-55(39(35)5)57-51(63(43-21-13-9-14-22-43)44-23-15-10-16-24-44)31-29-47-49-34-54-50(33-53(49)65(59)61(47)57)48-30-32-52(64(45-25-17-11-18-26-45)46-27-19-12-20-28-46)58-56-40(6)36(2)38(4)42(8)60(56)66(54)62(48)58/h9-34H,1-8H3. The van der Waals surface area contributed by atoms with E-state index >= 15 is 0 Å². The SMILES string of the molecule is Cc1c(C)c(C)c2c(c1C)c1c(N(c3ccccc3)c3ccccc3)ccc3c4cc5c(cc4n2c31)c1ccc(N(c2ccccc2)c2ccccc2)c2c3c(C)c(C)c(C)c(C)c3n5c12. The molecule has 0 N–H and O–H groups in total. The molecule has 0 radical (unpaired) electrons. The van der Waals surface area contributed by atoms with Crippen LogP contribution in [0.4, 0.5) is 34.1 Å². The topological polar surface area (TPSA) is 15.3 Å². The molecule has 318 valence electrons. The summed E-state index contributed by atoms with van der Waals surface area (Å²) in [5, 5.41) is 10.4. The Balaban J connectivity index is 1.21. The first-order valence-electron chi connectivity index (χ1n) is 23.3. The monoisotopic (exact) mass is 850 g/mol. The molecule has 0 spiro atoms. The predicted molar refractivity (Wildman–Crippen MR) is 283 cm³/mol. The Labute approximate surface area is 384 Å². The summed E-state index contributed by atoms with van der Waals surface area (Å²) in [5.74, 6) is 0. The van der Waals surface area contributed by atoms with Crippen molar-refractivity contribution in [3.05, 3.63) is 202 Å². The van der Waals surface area contributed by atoms with Crippen molar-refractivity contribution in [1.29, 1.82) is 0 Å². The second kappa shape index (κ2) is 13.8. The maximum Gasteiger partial charge on any atom is 0.0641 e. The van der Waals surface area contributed by atoms with Crippen LogP contribution in [0.1, 0.15) is 44.5 Å². The van der Waals surface area contributed by atoms with Crippen LogP contribution in [-0.2, 0) is 0 Å². The Kier molecular flexibility index (Phi) is 8.10. The van der Waals surface area contributed by atoms with Gasteiger partial charge in [-0.3, -0.25) is 0 Å². The van der Waals surface area contributed by atoms with Crippen LogP contribution in [0.25, 0.3) is 76.2 Å². The third-order valence-corrected chi connectivity index (χ3v) is 15.7. The molecule has 13 rings (SSSR count). The molecule has 4 aromatic heterocycles. The minimum absolute atomic E-state index is 1.14. The lowest BCUT2D eigenvalue weighted by atomic mass is 9.92. The molecule has 0 aliphatic carbocycles. The molecular formula is C62H50N4. The largest absolute Gasteiger partial charge is 0.310 e. The smallest absolute Gasteiger partial charge is 0.0641 e. The maximum atomic E-state index is 2.63. The number of benzene rings is 9. The summed E-state index contributed by atoms with van der Waals surface area (Å²) in [4.78, 5) is 4.91. The molecule has 13 aromatic rings. The van der Waals surface area contributed by atoms with E-state index in [1.54, 1.807) is 0 Å². The van der Waals surface area contributed by atoms with E-state index in [9.17, 15) is 0 Å². The number of aryl methyl sites for hydroxylation is 4. The second-order valence-electron chi connectivity index (χ2n) is 18.7. The van der Waals surface area contributed by atoms with Crippen molar-refractivity contribution in [1.82, 2.24) is 8.80 Å². The molecule has 4 nitrogen and oxygen atoms in total.